The number of aliphatic hydroxyl groups excluding tert-OH is 1. The van der Waals surface area contributed by atoms with Crippen molar-refractivity contribution in [2.45, 2.75) is 87.1 Å². The average Bonchev–Trinajstić information content (AvgIpc) is 3.28. The minimum atomic E-state index is -1.22. The quantitative estimate of drug-likeness (QED) is 0.508. The number of fused-ring (bicyclic) bond motifs is 5. The number of nitrogens with zero attached hydrogens (tertiary/aromatic N) is 1. The van der Waals surface area contributed by atoms with Crippen LogP contribution in [0.5, 0.6) is 0 Å². The highest BCUT2D eigenvalue weighted by molar-refractivity contribution is 6.31. The zero-order valence-corrected chi connectivity index (χ0v) is 22.2. The number of aliphatic hydroxyl groups is 1. The van der Waals surface area contributed by atoms with Crippen LogP contribution in [0.3, 0.4) is 0 Å². The van der Waals surface area contributed by atoms with E-state index in [2.05, 4.69) is 10.6 Å². The van der Waals surface area contributed by atoms with E-state index < -0.39 is 34.8 Å². The van der Waals surface area contributed by atoms with Crippen molar-refractivity contribution in [2.75, 3.05) is 5.32 Å². The predicted octanol–water partition coefficient (Wildman–Crippen LogP) is 4.76. The van der Waals surface area contributed by atoms with E-state index in [1.807, 2.05) is 24.8 Å². The van der Waals surface area contributed by atoms with Crippen molar-refractivity contribution in [3.63, 3.8) is 0 Å². The molecule has 9 heteroatoms. The summed E-state index contributed by atoms with van der Waals surface area (Å²) >= 11 is 12.5. The third kappa shape index (κ3) is 3.58. The number of likely N-dealkylation sites (tertiary alicyclic amines) is 1. The minimum Gasteiger partial charge on any atom is -0.393 e. The van der Waals surface area contributed by atoms with Crippen LogP contribution in [0, 0.1) is 5.82 Å². The van der Waals surface area contributed by atoms with Crippen LogP contribution in [-0.2, 0) is 15.0 Å². The van der Waals surface area contributed by atoms with Crippen molar-refractivity contribution >= 4 is 40.7 Å². The third-order valence-corrected chi connectivity index (χ3v) is 9.54. The second kappa shape index (κ2) is 8.67. The second-order valence-electron chi connectivity index (χ2n) is 11.5. The van der Waals surface area contributed by atoms with Crippen molar-refractivity contribution in [3.05, 3.63) is 63.4 Å². The molecule has 2 amide bonds. The molecule has 4 aliphatic rings. The van der Waals surface area contributed by atoms with Gasteiger partial charge in [0.05, 0.1) is 17.2 Å². The van der Waals surface area contributed by atoms with E-state index in [9.17, 15) is 14.7 Å². The van der Waals surface area contributed by atoms with Gasteiger partial charge in [-0.1, -0.05) is 41.4 Å². The number of halogens is 3. The van der Waals surface area contributed by atoms with Crippen LogP contribution in [-0.4, -0.2) is 51.6 Å². The molecule has 1 aliphatic carbocycles. The van der Waals surface area contributed by atoms with Gasteiger partial charge in [-0.25, -0.2) is 4.39 Å². The lowest BCUT2D eigenvalue weighted by Gasteiger charge is -2.49. The Kier molecular flexibility index (Phi) is 5.88. The number of nitrogens with one attached hydrogen (secondary N) is 2. The van der Waals surface area contributed by atoms with Gasteiger partial charge in [-0.2, -0.15) is 0 Å². The molecular weight excluding hydrogens is 516 g/mol. The first-order valence-electron chi connectivity index (χ1n) is 12.9. The molecule has 196 valence electrons. The average molecular weight is 546 g/mol. The summed E-state index contributed by atoms with van der Waals surface area (Å²) in [5.74, 6) is -1.85. The molecule has 2 aromatic rings. The smallest absolute Gasteiger partial charge is 0.241 e. The van der Waals surface area contributed by atoms with Gasteiger partial charge in [0.1, 0.15) is 11.2 Å². The summed E-state index contributed by atoms with van der Waals surface area (Å²) in [5, 5.41) is 17.0. The number of rotatable bonds is 2. The number of carbonyl (C=O) groups is 2. The fourth-order valence-electron chi connectivity index (χ4n) is 7.56. The van der Waals surface area contributed by atoms with Gasteiger partial charge in [-0.05, 0) is 75.3 Å². The molecule has 2 saturated heterocycles. The standard InChI is InChI=1S/C28H30Cl2FN3O3/c1-27(2)13-21-28(18-11-6-14(29)12-20(18)32-26(28)37)22(17-4-3-5-19(30)23(17)31)24(33-21)25(36)34(27)15-7-9-16(35)10-8-15/h3-6,11-12,15-16,21-22,24,33,35H,7-10,13H2,1-2H3,(H,32,37)/t15-,16-,21-,22+,24-,28-/m1/s1. The first-order valence-corrected chi connectivity index (χ1v) is 13.6. The molecule has 0 radical (unpaired) electrons. The number of benzene rings is 2. The van der Waals surface area contributed by atoms with Crippen molar-refractivity contribution in [1.29, 1.82) is 0 Å². The summed E-state index contributed by atoms with van der Waals surface area (Å²) in [4.78, 5) is 30.5. The lowest BCUT2D eigenvalue weighted by molar-refractivity contribution is -0.144. The van der Waals surface area contributed by atoms with Crippen molar-refractivity contribution in [2.24, 2.45) is 0 Å². The Hall–Kier alpha value is -2.19. The lowest BCUT2D eigenvalue weighted by Crippen LogP contribution is -2.61. The first kappa shape index (κ1) is 25.1. The van der Waals surface area contributed by atoms with Crippen LogP contribution in [0.4, 0.5) is 10.1 Å². The monoisotopic (exact) mass is 545 g/mol. The Balaban J connectivity index is 1.55. The molecule has 0 unspecified atom stereocenters. The second-order valence-corrected chi connectivity index (χ2v) is 12.4. The van der Waals surface area contributed by atoms with Gasteiger partial charge in [0.25, 0.3) is 0 Å². The van der Waals surface area contributed by atoms with Crippen molar-refractivity contribution in [3.8, 4) is 0 Å². The molecule has 6 nitrogen and oxygen atoms in total. The summed E-state index contributed by atoms with van der Waals surface area (Å²) in [6, 6.07) is 8.72. The molecule has 2 bridgehead atoms. The Labute approximate surface area is 225 Å². The first-order chi connectivity index (χ1) is 17.6. The molecule has 3 heterocycles. The summed E-state index contributed by atoms with van der Waals surface area (Å²) in [6.45, 7) is 4.08. The van der Waals surface area contributed by atoms with Gasteiger partial charge in [0.2, 0.25) is 11.8 Å². The summed E-state index contributed by atoms with van der Waals surface area (Å²) in [5.41, 5.74) is -0.253. The topological polar surface area (TPSA) is 81.7 Å². The molecule has 37 heavy (non-hydrogen) atoms. The summed E-state index contributed by atoms with van der Waals surface area (Å²) in [6.07, 6.45) is 2.83. The van der Waals surface area contributed by atoms with Gasteiger partial charge < -0.3 is 20.6 Å². The highest BCUT2D eigenvalue weighted by Gasteiger charge is 2.69. The van der Waals surface area contributed by atoms with Crippen molar-refractivity contribution in [1.82, 2.24) is 10.2 Å². The van der Waals surface area contributed by atoms with Crippen LogP contribution in [0.25, 0.3) is 0 Å². The molecule has 6 rings (SSSR count). The number of anilines is 1. The van der Waals surface area contributed by atoms with Gasteiger partial charge in [0, 0.05) is 34.3 Å². The normalized spacial score (nSPS) is 34.4. The van der Waals surface area contributed by atoms with E-state index in [1.165, 1.54) is 6.07 Å². The molecule has 3 fully saturated rings. The van der Waals surface area contributed by atoms with Crippen LogP contribution in [0.1, 0.15) is 63.0 Å². The van der Waals surface area contributed by atoms with Gasteiger partial charge in [-0.15, -0.1) is 0 Å². The maximum absolute atomic E-state index is 15.7. The van der Waals surface area contributed by atoms with Crippen LogP contribution >= 0.6 is 23.2 Å². The molecule has 1 spiro atoms. The van der Waals surface area contributed by atoms with E-state index in [0.29, 0.717) is 48.4 Å². The van der Waals surface area contributed by atoms with Crippen LogP contribution in [0.15, 0.2) is 36.4 Å². The molecule has 0 aromatic heterocycles. The number of hydrogen-bond donors (Lipinski definition) is 3. The van der Waals surface area contributed by atoms with Crippen LogP contribution in [0.2, 0.25) is 10.0 Å². The Morgan fingerprint density at radius 2 is 1.81 bits per heavy atom. The zero-order valence-electron chi connectivity index (χ0n) is 20.7. The van der Waals surface area contributed by atoms with E-state index in [-0.39, 0.29) is 34.5 Å². The molecular formula is C28H30Cl2FN3O3. The molecule has 2 aromatic carbocycles. The van der Waals surface area contributed by atoms with Crippen LogP contribution < -0.4 is 10.6 Å². The number of hydrogen-bond acceptors (Lipinski definition) is 4. The van der Waals surface area contributed by atoms with Gasteiger partial charge in [0.15, 0.2) is 0 Å². The maximum Gasteiger partial charge on any atom is 0.241 e. The molecule has 4 atom stereocenters. The highest BCUT2D eigenvalue weighted by Crippen LogP contribution is 2.58. The third-order valence-electron chi connectivity index (χ3n) is 9.01. The van der Waals surface area contributed by atoms with Gasteiger partial charge >= 0.3 is 0 Å². The number of carbonyl (C=O) groups excluding carboxylic acids is 2. The predicted molar refractivity (Wildman–Crippen MR) is 140 cm³/mol. The van der Waals surface area contributed by atoms with Gasteiger partial charge in [-0.3, -0.25) is 9.59 Å². The Bertz CT molecular complexity index is 1300. The van der Waals surface area contributed by atoms with E-state index >= 15 is 4.39 Å². The minimum absolute atomic E-state index is 0.0312. The van der Waals surface area contributed by atoms with E-state index in [4.69, 9.17) is 23.2 Å². The fourth-order valence-corrected chi connectivity index (χ4v) is 7.92. The summed E-state index contributed by atoms with van der Waals surface area (Å²) < 4.78 is 15.7. The summed E-state index contributed by atoms with van der Waals surface area (Å²) in [7, 11) is 0. The SMILES string of the molecule is CC1(C)C[C@H]2N[C@@H](C(=O)N1[C@H]1CC[C@H](O)CC1)[C@H](c1cccc(Cl)c1F)[C@]21C(=O)Nc2cc(Cl)ccc21. The zero-order chi connectivity index (χ0) is 26.3. The Morgan fingerprint density at radius 1 is 1.08 bits per heavy atom. The largest absolute Gasteiger partial charge is 0.393 e. The van der Waals surface area contributed by atoms with E-state index in [0.717, 1.165) is 0 Å². The maximum atomic E-state index is 15.7. The Morgan fingerprint density at radius 3 is 2.54 bits per heavy atom. The molecule has 3 N–H and O–H groups in total. The van der Waals surface area contributed by atoms with Crippen molar-refractivity contribution < 1.29 is 19.1 Å². The highest BCUT2D eigenvalue weighted by atomic mass is 35.5. The fraction of sp³-hybridized carbons (Fsp3) is 0.500. The van der Waals surface area contributed by atoms with E-state index in [1.54, 1.807) is 24.3 Å². The molecule has 3 aliphatic heterocycles. The molecule has 1 saturated carbocycles. The number of amides is 2. The lowest BCUT2D eigenvalue weighted by atomic mass is 9.61.